The monoisotopic (exact) mass is 360 g/mol. The second kappa shape index (κ2) is 7.03. The Morgan fingerprint density at radius 3 is 2.60 bits per heavy atom. The van der Waals surface area contributed by atoms with Gasteiger partial charge in [-0.1, -0.05) is 29.8 Å². The van der Waals surface area contributed by atoms with Crippen LogP contribution in [0.5, 0.6) is 0 Å². The van der Waals surface area contributed by atoms with Crippen LogP contribution in [0.1, 0.15) is 26.3 Å². The average molecular weight is 361 g/mol. The number of fused-ring (bicyclic) bond motifs is 1. The maximum Gasteiger partial charge on any atom is 0.265 e. The molecule has 0 saturated carbocycles. The van der Waals surface area contributed by atoms with Crippen LogP contribution in [0, 0.1) is 5.82 Å². The smallest absolute Gasteiger partial charge is 0.265 e. The third-order valence-corrected chi connectivity index (χ3v) is 4.11. The van der Waals surface area contributed by atoms with E-state index in [4.69, 9.17) is 11.6 Å². The van der Waals surface area contributed by atoms with Crippen LogP contribution in [0.2, 0.25) is 5.02 Å². The van der Waals surface area contributed by atoms with Gasteiger partial charge in [-0.05, 0) is 36.2 Å². The van der Waals surface area contributed by atoms with Gasteiger partial charge >= 0.3 is 0 Å². The van der Waals surface area contributed by atoms with Crippen molar-refractivity contribution < 1.29 is 18.8 Å². The van der Waals surface area contributed by atoms with Gasteiger partial charge in [0, 0.05) is 11.6 Å². The van der Waals surface area contributed by atoms with Gasteiger partial charge < -0.3 is 5.32 Å². The first-order valence-electron chi connectivity index (χ1n) is 7.63. The molecule has 5 nitrogen and oxygen atoms in total. The SMILES string of the molecule is O=C(CN1C(=O)c2cccc(F)c2C1=O)NCCc1cccc(Cl)c1. The first-order valence-corrected chi connectivity index (χ1v) is 8.01. The molecule has 0 fully saturated rings. The zero-order valence-corrected chi connectivity index (χ0v) is 13.8. The normalized spacial score (nSPS) is 13.1. The fraction of sp³-hybridized carbons (Fsp3) is 0.167. The third-order valence-electron chi connectivity index (χ3n) is 3.87. The standard InChI is InChI=1S/C18H14ClFN2O3/c19-12-4-1-3-11(9-12)7-8-21-15(23)10-22-17(24)13-5-2-6-14(20)16(13)18(22)25/h1-6,9H,7-8,10H2,(H,21,23). The minimum Gasteiger partial charge on any atom is -0.354 e. The predicted molar refractivity (Wildman–Crippen MR) is 89.9 cm³/mol. The second-order valence-corrected chi connectivity index (χ2v) is 6.03. The Morgan fingerprint density at radius 2 is 1.88 bits per heavy atom. The van der Waals surface area contributed by atoms with Crippen LogP contribution in [0.15, 0.2) is 42.5 Å². The number of benzene rings is 2. The molecule has 1 heterocycles. The van der Waals surface area contributed by atoms with E-state index in [1.807, 2.05) is 12.1 Å². The predicted octanol–water partition coefficient (Wildman–Crippen LogP) is 2.43. The first-order chi connectivity index (χ1) is 12.0. The molecule has 1 aliphatic rings. The molecule has 0 spiro atoms. The average Bonchev–Trinajstić information content (AvgIpc) is 2.81. The van der Waals surface area contributed by atoms with Crippen molar-refractivity contribution in [2.45, 2.75) is 6.42 Å². The summed E-state index contributed by atoms with van der Waals surface area (Å²) in [5.41, 5.74) is 0.659. The molecule has 0 bridgehead atoms. The zero-order chi connectivity index (χ0) is 18.0. The highest BCUT2D eigenvalue weighted by molar-refractivity contribution is 6.30. The van der Waals surface area contributed by atoms with Crippen LogP contribution < -0.4 is 5.32 Å². The van der Waals surface area contributed by atoms with E-state index >= 15 is 0 Å². The van der Waals surface area contributed by atoms with Gasteiger partial charge in [-0.15, -0.1) is 0 Å². The van der Waals surface area contributed by atoms with Crippen LogP contribution in [-0.2, 0) is 11.2 Å². The number of carbonyl (C=O) groups is 3. The molecule has 2 aromatic rings. The van der Waals surface area contributed by atoms with Crippen molar-refractivity contribution in [3.63, 3.8) is 0 Å². The lowest BCUT2D eigenvalue weighted by Crippen LogP contribution is -2.40. The van der Waals surface area contributed by atoms with Crippen LogP contribution >= 0.6 is 11.6 Å². The van der Waals surface area contributed by atoms with Gasteiger partial charge in [0.2, 0.25) is 5.91 Å². The summed E-state index contributed by atoms with van der Waals surface area (Å²) in [7, 11) is 0. The Morgan fingerprint density at radius 1 is 1.12 bits per heavy atom. The number of amides is 3. The molecule has 0 unspecified atom stereocenters. The minimum atomic E-state index is -0.789. The van der Waals surface area contributed by atoms with E-state index in [9.17, 15) is 18.8 Å². The number of imide groups is 1. The summed E-state index contributed by atoms with van der Waals surface area (Å²) >= 11 is 5.89. The van der Waals surface area contributed by atoms with Crippen molar-refractivity contribution in [2.24, 2.45) is 0 Å². The van der Waals surface area contributed by atoms with E-state index in [0.29, 0.717) is 18.0 Å². The van der Waals surface area contributed by atoms with Gasteiger partial charge in [0.15, 0.2) is 0 Å². The molecule has 2 aromatic carbocycles. The van der Waals surface area contributed by atoms with Gasteiger partial charge in [0.25, 0.3) is 11.8 Å². The van der Waals surface area contributed by atoms with Crippen molar-refractivity contribution >= 4 is 29.3 Å². The molecule has 0 aromatic heterocycles. The Labute approximate surface area is 148 Å². The number of hydrogen-bond acceptors (Lipinski definition) is 3. The highest BCUT2D eigenvalue weighted by Crippen LogP contribution is 2.24. The topological polar surface area (TPSA) is 66.5 Å². The van der Waals surface area contributed by atoms with Gasteiger partial charge in [0.1, 0.15) is 12.4 Å². The first kappa shape index (κ1) is 17.1. The second-order valence-electron chi connectivity index (χ2n) is 5.59. The lowest BCUT2D eigenvalue weighted by atomic mass is 10.1. The largest absolute Gasteiger partial charge is 0.354 e. The van der Waals surface area contributed by atoms with Gasteiger partial charge in [-0.3, -0.25) is 19.3 Å². The van der Waals surface area contributed by atoms with Gasteiger partial charge in [-0.2, -0.15) is 0 Å². The molecular weight excluding hydrogens is 347 g/mol. The number of carbonyl (C=O) groups excluding carboxylic acids is 3. The molecule has 25 heavy (non-hydrogen) atoms. The summed E-state index contributed by atoms with van der Waals surface area (Å²) in [6, 6.07) is 11.1. The molecule has 0 radical (unpaired) electrons. The van der Waals surface area contributed by atoms with E-state index in [2.05, 4.69) is 5.32 Å². The Hall–Kier alpha value is -2.73. The number of halogens is 2. The van der Waals surface area contributed by atoms with Crippen molar-refractivity contribution in [1.82, 2.24) is 10.2 Å². The molecule has 3 amide bonds. The van der Waals surface area contributed by atoms with E-state index in [0.717, 1.165) is 16.5 Å². The summed E-state index contributed by atoms with van der Waals surface area (Å²) in [6.45, 7) is -0.113. The number of rotatable bonds is 5. The molecule has 0 aliphatic carbocycles. The summed E-state index contributed by atoms with van der Waals surface area (Å²) in [6.07, 6.45) is 0.559. The van der Waals surface area contributed by atoms with Crippen molar-refractivity contribution in [3.8, 4) is 0 Å². The van der Waals surface area contributed by atoms with Gasteiger partial charge in [0.05, 0.1) is 11.1 Å². The van der Waals surface area contributed by atoms with E-state index in [-0.39, 0.29) is 11.1 Å². The fourth-order valence-electron chi connectivity index (χ4n) is 2.67. The maximum absolute atomic E-state index is 13.7. The van der Waals surface area contributed by atoms with Crippen molar-refractivity contribution in [3.05, 3.63) is 70.0 Å². The molecule has 1 N–H and O–H groups in total. The molecule has 0 saturated heterocycles. The lowest BCUT2D eigenvalue weighted by molar-refractivity contribution is -0.121. The lowest BCUT2D eigenvalue weighted by Gasteiger charge is -2.13. The summed E-state index contributed by atoms with van der Waals surface area (Å²) in [4.78, 5) is 37.1. The Kier molecular flexibility index (Phi) is 4.81. The Balaban J connectivity index is 1.58. The Bertz CT molecular complexity index is 869. The summed E-state index contributed by atoms with van der Waals surface area (Å²) < 4.78 is 13.7. The summed E-state index contributed by atoms with van der Waals surface area (Å²) in [5.74, 6) is -2.70. The highest BCUT2D eigenvalue weighted by atomic mass is 35.5. The third kappa shape index (κ3) is 3.53. The number of nitrogens with zero attached hydrogens (tertiary/aromatic N) is 1. The zero-order valence-electron chi connectivity index (χ0n) is 13.1. The van der Waals surface area contributed by atoms with Crippen LogP contribution in [0.4, 0.5) is 4.39 Å². The van der Waals surface area contributed by atoms with E-state index in [1.54, 1.807) is 12.1 Å². The minimum absolute atomic E-state index is 0.0169. The highest BCUT2D eigenvalue weighted by Gasteiger charge is 2.38. The van der Waals surface area contributed by atoms with Crippen LogP contribution in [0.3, 0.4) is 0 Å². The summed E-state index contributed by atoms with van der Waals surface area (Å²) in [5, 5.41) is 3.25. The van der Waals surface area contributed by atoms with Crippen molar-refractivity contribution in [1.29, 1.82) is 0 Å². The van der Waals surface area contributed by atoms with Gasteiger partial charge in [-0.25, -0.2) is 4.39 Å². The van der Waals surface area contributed by atoms with Crippen LogP contribution in [-0.4, -0.2) is 35.7 Å². The molecule has 1 aliphatic heterocycles. The maximum atomic E-state index is 13.7. The van der Waals surface area contributed by atoms with E-state index in [1.165, 1.54) is 12.1 Å². The molecular formula is C18H14ClFN2O3. The van der Waals surface area contributed by atoms with Crippen molar-refractivity contribution in [2.75, 3.05) is 13.1 Å². The molecule has 7 heteroatoms. The fourth-order valence-corrected chi connectivity index (χ4v) is 2.89. The molecule has 3 rings (SSSR count). The molecule has 128 valence electrons. The molecule has 0 atom stereocenters. The van der Waals surface area contributed by atoms with Crippen LogP contribution in [0.25, 0.3) is 0 Å². The number of hydrogen-bond donors (Lipinski definition) is 1. The quantitative estimate of drug-likeness (QED) is 0.833. The number of nitrogens with one attached hydrogen (secondary N) is 1. The van der Waals surface area contributed by atoms with E-state index < -0.39 is 30.1 Å².